The van der Waals surface area contributed by atoms with Crippen LogP contribution in [-0.4, -0.2) is 45.8 Å². The molecule has 26 heavy (non-hydrogen) atoms. The zero-order valence-corrected chi connectivity index (χ0v) is 16.1. The number of fused-ring (bicyclic) bond motifs is 2. The molecule has 0 spiro atoms. The second-order valence-electron chi connectivity index (χ2n) is 7.47. The van der Waals surface area contributed by atoms with Crippen LogP contribution in [0.2, 0.25) is 5.02 Å². The Morgan fingerprint density at radius 2 is 2.00 bits per heavy atom. The van der Waals surface area contributed by atoms with Gasteiger partial charge in [-0.1, -0.05) is 29.8 Å². The zero-order valence-electron chi connectivity index (χ0n) is 15.3. The molecule has 2 saturated heterocycles. The summed E-state index contributed by atoms with van der Waals surface area (Å²) >= 11 is 6.29. The van der Waals surface area contributed by atoms with Gasteiger partial charge in [0.05, 0.1) is 17.8 Å². The van der Waals surface area contributed by atoms with Crippen molar-refractivity contribution in [2.75, 3.05) is 13.1 Å². The number of nitrogens with zero attached hydrogens (tertiary/aromatic N) is 3. The lowest BCUT2D eigenvalue weighted by molar-refractivity contribution is 0.0746. The Kier molecular flexibility index (Phi) is 4.76. The molecule has 2 aromatic rings. The van der Waals surface area contributed by atoms with Gasteiger partial charge in [-0.15, -0.1) is 0 Å². The fourth-order valence-corrected chi connectivity index (χ4v) is 4.43. The highest BCUT2D eigenvalue weighted by Gasteiger charge is 2.33. The first-order valence-electron chi connectivity index (χ1n) is 9.35. The van der Waals surface area contributed by atoms with Gasteiger partial charge in [-0.05, 0) is 44.7 Å². The van der Waals surface area contributed by atoms with Crippen molar-refractivity contribution in [1.82, 2.24) is 20.0 Å². The fourth-order valence-electron chi connectivity index (χ4n) is 4.23. The first-order chi connectivity index (χ1) is 12.5. The molecular formula is C20H25ClN4O. The van der Waals surface area contributed by atoms with Crippen molar-refractivity contribution in [3.63, 3.8) is 0 Å². The highest BCUT2D eigenvalue weighted by Crippen LogP contribution is 2.24. The Bertz CT molecular complexity index is 831. The minimum atomic E-state index is 0.111. The number of halogens is 1. The molecule has 0 radical (unpaired) electrons. The quantitative estimate of drug-likeness (QED) is 0.900. The second-order valence-corrected chi connectivity index (χ2v) is 7.88. The highest BCUT2D eigenvalue weighted by molar-refractivity contribution is 6.31. The summed E-state index contributed by atoms with van der Waals surface area (Å²) in [4.78, 5) is 15.2. The van der Waals surface area contributed by atoms with Crippen LogP contribution in [0, 0.1) is 13.8 Å². The smallest absolute Gasteiger partial charge is 0.257 e. The number of likely N-dealkylation sites (tertiary alicyclic amines) is 1. The number of hydrogen-bond acceptors (Lipinski definition) is 3. The molecule has 2 bridgehead atoms. The van der Waals surface area contributed by atoms with E-state index in [1.54, 1.807) is 0 Å². The van der Waals surface area contributed by atoms with Crippen LogP contribution in [0.15, 0.2) is 24.3 Å². The van der Waals surface area contributed by atoms with E-state index in [0.717, 1.165) is 53.5 Å². The van der Waals surface area contributed by atoms with E-state index < -0.39 is 0 Å². The summed E-state index contributed by atoms with van der Waals surface area (Å²) in [5.41, 5.74) is 3.46. The van der Waals surface area contributed by atoms with Crippen LogP contribution in [0.1, 0.15) is 46.6 Å². The Labute approximate surface area is 159 Å². The Morgan fingerprint density at radius 1 is 1.23 bits per heavy atom. The summed E-state index contributed by atoms with van der Waals surface area (Å²) in [5, 5.41) is 8.99. The molecule has 2 unspecified atom stereocenters. The molecule has 1 amide bonds. The predicted molar refractivity (Wildman–Crippen MR) is 103 cm³/mol. The third-order valence-corrected chi connectivity index (χ3v) is 6.05. The van der Waals surface area contributed by atoms with Crippen LogP contribution < -0.4 is 5.32 Å². The van der Waals surface area contributed by atoms with Crippen molar-refractivity contribution < 1.29 is 4.79 Å². The molecule has 2 aliphatic heterocycles. The van der Waals surface area contributed by atoms with Crippen molar-refractivity contribution in [3.8, 4) is 0 Å². The number of aryl methyl sites for hydroxylation is 1. The van der Waals surface area contributed by atoms with E-state index in [1.807, 2.05) is 47.7 Å². The fraction of sp³-hybridized carbons (Fsp3) is 0.500. The number of aromatic nitrogens is 2. The van der Waals surface area contributed by atoms with E-state index in [1.165, 1.54) is 6.42 Å². The molecule has 1 aromatic heterocycles. The first kappa shape index (κ1) is 17.6. The van der Waals surface area contributed by atoms with Gasteiger partial charge in [-0.2, -0.15) is 5.10 Å². The molecule has 2 aliphatic rings. The molecule has 1 aromatic carbocycles. The van der Waals surface area contributed by atoms with Crippen LogP contribution in [0.25, 0.3) is 0 Å². The van der Waals surface area contributed by atoms with E-state index in [9.17, 15) is 4.79 Å². The third kappa shape index (κ3) is 3.26. The molecule has 3 heterocycles. The van der Waals surface area contributed by atoms with Crippen LogP contribution in [0.5, 0.6) is 0 Å². The van der Waals surface area contributed by atoms with Crippen molar-refractivity contribution in [3.05, 3.63) is 51.8 Å². The van der Waals surface area contributed by atoms with Crippen molar-refractivity contribution in [1.29, 1.82) is 0 Å². The van der Waals surface area contributed by atoms with E-state index in [4.69, 9.17) is 11.6 Å². The van der Waals surface area contributed by atoms with E-state index in [2.05, 4.69) is 10.4 Å². The summed E-state index contributed by atoms with van der Waals surface area (Å²) in [6, 6.07) is 8.78. The van der Waals surface area contributed by atoms with Gasteiger partial charge in [0.2, 0.25) is 0 Å². The lowest BCUT2D eigenvalue weighted by Crippen LogP contribution is -2.39. The molecule has 6 heteroatoms. The standard InChI is InChI=1S/C20H25ClN4O/c1-13-19(20(26)24-10-9-16-7-8-17(12-24)22-16)14(2)25(23-13)11-15-5-3-4-6-18(15)21/h3-6,16-17,22H,7-12H2,1-2H3. The maximum Gasteiger partial charge on any atom is 0.257 e. The molecule has 0 saturated carbocycles. The van der Waals surface area contributed by atoms with E-state index in [0.29, 0.717) is 18.6 Å². The van der Waals surface area contributed by atoms with Gasteiger partial charge < -0.3 is 10.2 Å². The number of nitrogens with one attached hydrogen (secondary N) is 1. The Hall–Kier alpha value is -1.85. The zero-order chi connectivity index (χ0) is 18.3. The first-order valence-corrected chi connectivity index (χ1v) is 9.73. The highest BCUT2D eigenvalue weighted by atomic mass is 35.5. The van der Waals surface area contributed by atoms with Gasteiger partial charge in [0, 0.05) is 35.9 Å². The second kappa shape index (κ2) is 7.05. The summed E-state index contributed by atoms with van der Waals surface area (Å²) in [6.45, 7) is 6.09. The topological polar surface area (TPSA) is 50.2 Å². The molecule has 2 atom stereocenters. The number of amides is 1. The number of rotatable bonds is 3. The van der Waals surface area contributed by atoms with Gasteiger partial charge in [-0.3, -0.25) is 9.48 Å². The van der Waals surface area contributed by atoms with Gasteiger partial charge in [0.1, 0.15) is 0 Å². The largest absolute Gasteiger partial charge is 0.337 e. The average molecular weight is 373 g/mol. The molecule has 4 rings (SSSR count). The molecule has 2 fully saturated rings. The summed E-state index contributed by atoms with van der Waals surface area (Å²) in [5.74, 6) is 0.111. The number of hydrogen-bond donors (Lipinski definition) is 1. The third-order valence-electron chi connectivity index (χ3n) is 5.68. The van der Waals surface area contributed by atoms with Crippen molar-refractivity contribution >= 4 is 17.5 Å². The van der Waals surface area contributed by atoms with Crippen LogP contribution in [-0.2, 0) is 6.54 Å². The predicted octanol–water partition coefficient (Wildman–Crippen LogP) is 3.17. The molecular weight excluding hydrogens is 348 g/mol. The van der Waals surface area contributed by atoms with Gasteiger partial charge in [-0.25, -0.2) is 0 Å². The van der Waals surface area contributed by atoms with Crippen LogP contribution in [0.3, 0.4) is 0 Å². The minimum absolute atomic E-state index is 0.111. The summed E-state index contributed by atoms with van der Waals surface area (Å²) in [6.07, 6.45) is 3.44. The van der Waals surface area contributed by atoms with Gasteiger partial charge in [0.25, 0.3) is 5.91 Å². The van der Waals surface area contributed by atoms with Gasteiger partial charge >= 0.3 is 0 Å². The maximum absolute atomic E-state index is 13.2. The van der Waals surface area contributed by atoms with E-state index in [-0.39, 0.29) is 5.91 Å². The monoisotopic (exact) mass is 372 g/mol. The van der Waals surface area contributed by atoms with Crippen LogP contribution >= 0.6 is 11.6 Å². The summed E-state index contributed by atoms with van der Waals surface area (Å²) < 4.78 is 1.89. The lowest BCUT2D eigenvalue weighted by atomic mass is 10.1. The van der Waals surface area contributed by atoms with Crippen molar-refractivity contribution in [2.45, 2.75) is 51.7 Å². The Morgan fingerprint density at radius 3 is 2.81 bits per heavy atom. The van der Waals surface area contributed by atoms with E-state index >= 15 is 0 Å². The normalized spacial score (nSPS) is 22.5. The molecule has 0 aliphatic carbocycles. The van der Waals surface area contributed by atoms with Gasteiger partial charge in [0.15, 0.2) is 0 Å². The SMILES string of the molecule is Cc1nn(Cc2ccccc2Cl)c(C)c1C(=O)N1CCC2CCC(C1)N2. The number of carbonyl (C=O) groups is 1. The van der Waals surface area contributed by atoms with Crippen LogP contribution in [0.4, 0.5) is 0 Å². The molecule has 138 valence electrons. The van der Waals surface area contributed by atoms with Crippen molar-refractivity contribution in [2.24, 2.45) is 0 Å². The average Bonchev–Trinajstić information content (AvgIpc) is 3.08. The summed E-state index contributed by atoms with van der Waals surface area (Å²) in [7, 11) is 0. The maximum atomic E-state index is 13.2. The number of benzene rings is 1. The number of carbonyl (C=O) groups excluding carboxylic acids is 1. The minimum Gasteiger partial charge on any atom is -0.337 e. The molecule has 1 N–H and O–H groups in total. The Balaban J connectivity index is 1.58. The molecule has 5 nitrogen and oxygen atoms in total. The lowest BCUT2D eigenvalue weighted by Gasteiger charge is -2.24.